The summed E-state index contributed by atoms with van der Waals surface area (Å²) < 4.78 is 5.73. The van der Waals surface area contributed by atoms with Crippen molar-refractivity contribution in [1.29, 1.82) is 0 Å². The van der Waals surface area contributed by atoms with E-state index in [4.69, 9.17) is 4.74 Å². The maximum Gasteiger partial charge on any atom is 0.0891 e. The topological polar surface area (TPSA) is 22.1 Å². The molecule has 1 aromatic rings. The third-order valence-electron chi connectivity index (χ3n) is 2.43. The summed E-state index contributed by atoms with van der Waals surface area (Å²) in [7, 11) is 0. The van der Waals surface area contributed by atoms with Crippen LogP contribution in [-0.2, 0) is 11.3 Å². The highest BCUT2D eigenvalue weighted by molar-refractivity contribution is 5.01. The number of pyridine rings is 1. The molecule has 2 nitrogen and oxygen atoms in total. The van der Waals surface area contributed by atoms with Crippen molar-refractivity contribution in [2.45, 2.75) is 40.4 Å². The molecule has 1 unspecified atom stereocenters. The van der Waals surface area contributed by atoms with E-state index < -0.39 is 0 Å². The second-order valence-electron chi connectivity index (χ2n) is 4.64. The lowest BCUT2D eigenvalue weighted by Gasteiger charge is -2.27. The summed E-state index contributed by atoms with van der Waals surface area (Å²) in [6.45, 7) is 9.23. The molecule has 0 fully saturated rings. The Morgan fingerprint density at radius 3 is 2.57 bits per heavy atom. The first-order valence-electron chi connectivity index (χ1n) is 5.01. The average Bonchev–Trinajstić information content (AvgIpc) is 2.14. The standard InChI is InChI=1S/C12H19NO/c1-10(12(2,3)4)14-9-11-7-5-6-8-13-11/h5-8,10H,9H2,1-4H3. The van der Waals surface area contributed by atoms with Crippen LogP contribution in [0.2, 0.25) is 0 Å². The minimum absolute atomic E-state index is 0.189. The highest BCUT2D eigenvalue weighted by atomic mass is 16.5. The van der Waals surface area contributed by atoms with Crippen molar-refractivity contribution >= 4 is 0 Å². The molecule has 0 bridgehead atoms. The fourth-order valence-corrected chi connectivity index (χ4v) is 0.944. The van der Waals surface area contributed by atoms with Gasteiger partial charge in [0.05, 0.1) is 18.4 Å². The van der Waals surface area contributed by atoms with Gasteiger partial charge in [0.15, 0.2) is 0 Å². The Labute approximate surface area is 86.3 Å². The highest BCUT2D eigenvalue weighted by Gasteiger charge is 2.20. The second kappa shape index (κ2) is 4.56. The number of hydrogen-bond acceptors (Lipinski definition) is 2. The predicted molar refractivity (Wildman–Crippen MR) is 57.9 cm³/mol. The molecule has 2 heteroatoms. The van der Waals surface area contributed by atoms with Crippen LogP contribution in [0, 0.1) is 5.41 Å². The second-order valence-corrected chi connectivity index (χ2v) is 4.64. The number of aromatic nitrogens is 1. The lowest BCUT2D eigenvalue weighted by molar-refractivity contribution is -0.0166. The fraction of sp³-hybridized carbons (Fsp3) is 0.583. The summed E-state index contributed by atoms with van der Waals surface area (Å²) in [6, 6.07) is 5.87. The molecule has 1 rings (SSSR count). The summed E-state index contributed by atoms with van der Waals surface area (Å²) in [5, 5.41) is 0. The molecule has 0 saturated heterocycles. The van der Waals surface area contributed by atoms with Gasteiger partial charge in [-0.15, -0.1) is 0 Å². The summed E-state index contributed by atoms with van der Waals surface area (Å²) in [5.74, 6) is 0. The van der Waals surface area contributed by atoms with Gasteiger partial charge in [-0.05, 0) is 24.5 Å². The third-order valence-corrected chi connectivity index (χ3v) is 2.43. The van der Waals surface area contributed by atoms with Crippen LogP contribution in [-0.4, -0.2) is 11.1 Å². The van der Waals surface area contributed by atoms with Crippen LogP contribution in [0.3, 0.4) is 0 Å². The predicted octanol–water partition coefficient (Wildman–Crippen LogP) is 3.03. The van der Waals surface area contributed by atoms with E-state index in [9.17, 15) is 0 Å². The van der Waals surface area contributed by atoms with Crippen molar-refractivity contribution in [2.24, 2.45) is 5.41 Å². The Bertz CT molecular complexity index is 263. The average molecular weight is 193 g/mol. The summed E-state index contributed by atoms with van der Waals surface area (Å²) in [5.41, 5.74) is 1.18. The molecular formula is C12H19NO. The van der Waals surface area contributed by atoms with Crippen LogP contribution in [0.25, 0.3) is 0 Å². The molecule has 1 atom stereocenters. The number of rotatable bonds is 3. The van der Waals surface area contributed by atoms with E-state index >= 15 is 0 Å². The Morgan fingerprint density at radius 1 is 1.36 bits per heavy atom. The van der Waals surface area contributed by atoms with E-state index in [2.05, 4.69) is 32.7 Å². The first kappa shape index (κ1) is 11.2. The normalized spacial score (nSPS) is 14.0. The zero-order valence-electron chi connectivity index (χ0n) is 9.45. The van der Waals surface area contributed by atoms with Crippen molar-refractivity contribution in [3.05, 3.63) is 30.1 Å². The first-order valence-corrected chi connectivity index (χ1v) is 5.01. The molecule has 0 saturated carbocycles. The Morgan fingerprint density at radius 2 is 2.07 bits per heavy atom. The molecule has 1 aromatic heterocycles. The van der Waals surface area contributed by atoms with Gasteiger partial charge in [-0.1, -0.05) is 26.8 Å². The van der Waals surface area contributed by atoms with Crippen molar-refractivity contribution < 1.29 is 4.74 Å². The summed E-state index contributed by atoms with van der Waals surface area (Å²) in [6.07, 6.45) is 2.03. The van der Waals surface area contributed by atoms with E-state index in [0.29, 0.717) is 6.61 Å². The fourth-order valence-electron chi connectivity index (χ4n) is 0.944. The Hall–Kier alpha value is -0.890. The van der Waals surface area contributed by atoms with Crippen molar-refractivity contribution in [3.63, 3.8) is 0 Å². The van der Waals surface area contributed by atoms with Gasteiger partial charge in [-0.25, -0.2) is 0 Å². The third kappa shape index (κ3) is 3.46. The van der Waals surface area contributed by atoms with Crippen LogP contribution in [0.5, 0.6) is 0 Å². The van der Waals surface area contributed by atoms with Crippen LogP contribution in [0.4, 0.5) is 0 Å². The number of ether oxygens (including phenoxy) is 1. The molecule has 0 aliphatic carbocycles. The highest BCUT2D eigenvalue weighted by Crippen LogP contribution is 2.22. The molecule has 0 amide bonds. The monoisotopic (exact) mass is 193 g/mol. The van der Waals surface area contributed by atoms with Gasteiger partial charge in [0, 0.05) is 6.20 Å². The molecule has 0 aliphatic rings. The van der Waals surface area contributed by atoms with Gasteiger partial charge in [0.25, 0.3) is 0 Å². The smallest absolute Gasteiger partial charge is 0.0891 e. The van der Waals surface area contributed by atoms with Crippen LogP contribution in [0.15, 0.2) is 24.4 Å². The molecule has 78 valence electrons. The van der Waals surface area contributed by atoms with E-state index in [1.807, 2.05) is 18.2 Å². The lowest BCUT2D eigenvalue weighted by Crippen LogP contribution is -2.25. The molecule has 0 aromatic carbocycles. The van der Waals surface area contributed by atoms with Crippen molar-refractivity contribution in [2.75, 3.05) is 0 Å². The van der Waals surface area contributed by atoms with Gasteiger partial charge in [0.2, 0.25) is 0 Å². The largest absolute Gasteiger partial charge is 0.372 e. The molecular weight excluding hydrogens is 174 g/mol. The summed E-state index contributed by atoms with van der Waals surface area (Å²) >= 11 is 0. The summed E-state index contributed by atoms with van der Waals surface area (Å²) in [4.78, 5) is 4.21. The van der Waals surface area contributed by atoms with Crippen LogP contribution >= 0.6 is 0 Å². The SMILES string of the molecule is CC(OCc1ccccn1)C(C)(C)C. The van der Waals surface area contributed by atoms with E-state index in [-0.39, 0.29) is 11.5 Å². The van der Waals surface area contributed by atoms with E-state index in [1.165, 1.54) is 0 Å². The van der Waals surface area contributed by atoms with Gasteiger partial charge < -0.3 is 4.74 Å². The van der Waals surface area contributed by atoms with Crippen molar-refractivity contribution in [1.82, 2.24) is 4.98 Å². The Kier molecular flexibility index (Phi) is 3.64. The van der Waals surface area contributed by atoms with Gasteiger partial charge >= 0.3 is 0 Å². The Balaban J connectivity index is 2.42. The van der Waals surface area contributed by atoms with Crippen LogP contribution < -0.4 is 0 Å². The molecule has 1 heterocycles. The lowest BCUT2D eigenvalue weighted by atomic mass is 9.90. The molecule has 0 spiro atoms. The van der Waals surface area contributed by atoms with Gasteiger partial charge in [-0.3, -0.25) is 4.98 Å². The number of nitrogens with zero attached hydrogens (tertiary/aromatic N) is 1. The van der Waals surface area contributed by atoms with Gasteiger partial charge in [0.1, 0.15) is 0 Å². The van der Waals surface area contributed by atoms with Gasteiger partial charge in [-0.2, -0.15) is 0 Å². The quantitative estimate of drug-likeness (QED) is 0.736. The van der Waals surface area contributed by atoms with E-state index in [1.54, 1.807) is 6.20 Å². The molecule has 14 heavy (non-hydrogen) atoms. The van der Waals surface area contributed by atoms with E-state index in [0.717, 1.165) is 5.69 Å². The molecule has 0 aliphatic heterocycles. The zero-order valence-corrected chi connectivity index (χ0v) is 9.45. The minimum atomic E-state index is 0.189. The minimum Gasteiger partial charge on any atom is -0.372 e. The van der Waals surface area contributed by atoms with Crippen molar-refractivity contribution in [3.8, 4) is 0 Å². The van der Waals surface area contributed by atoms with Crippen LogP contribution in [0.1, 0.15) is 33.4 Å². The molecule has 0 radical (unpaired) electrons. The number of hydrogen-bond donors (Lipinski definition) is 0. The zero-order chi connectivity index (χ0) is 10.6. The maximum absolute atomic E-state index is 5.73. The first-order chi connectivity index (χ1) is 6.50. The maximum atomic E-state index is 5.73. The molecule has 0 N–H and O–H groups in total.